The van der Waals surface area contributed by atoms with Gasteiger partial charge in [0.2, 0.25) is 0 Å². The molecule has 0 aliphatic rings. The summed E-state index contributed by atoms with van der Waals surface area (Å²) in [7, 11) is 2.16. The molecule has 1 unspecified atom stereocenters. The van der Waals surface area contributed by atoms with Crippen molar-refractivity contribution in [3.05, 3.63) is 35.6 Å². The second-order valence-corrected chi connectivity index (χ2v) is 5.61. The lowest BCUT2D eigenvalue weighted by Crippen LogP contribution is -2.29. The van der Waals surface area contributed by atoms with Gasteiger partial charge in [-0.2, -0.15) is 0 Å². The SMILES string of the molecule is CCNC(CCN(C)CC(C)C)c1ccc(F)cc1. The fourth-order valence-corrected chi connectivity index (χ4v) is 2.39. The molecular formula is C16H27FN2. The van der Waals surface area contributed by atoms with Crippen LogP contribution in [0.4, 0.5) is 4.39 Å². The Bertz CT molecular complexity index is 348. The minimum absolute atomic E-state index is 0.170. The molecule has 0 fully saturated rings. The van der Waals surface area contributed by atoms with Gasteiger partial charge < -0.3 is 10.2 Å². The van der Waals surface area contributed by atoms with Gasteiger partial charge in [0.25, 0.3) is 0 Å². The molecule has 0 saturated carbocycles. The normalized spacial score (nSPS) is 13.2. The maximum Gasteiger partial charge on any atom is 0.123 e. The molecular weight excluding hydrogens is 239 g/mol. The number of halogens is 1. The van der Waals surface area contributed by atoms with Crippen molar-refractivity contribution < 1.29 is 4.39 Å². The summed E-state index contributed by atoms with van der Waals surface area (Å²) < 4.78 is 13.0. The second-order valence-electron chi connectivity index (χ2n) is 5.61. The Kier molecular flexibility index (Phi) is 7.03. The quantitative estimate of drug-likeness (QED) is 0.775. The zero-order valence-electron chi connectivity index (χ0n) is 12.6. The zero-order chi connectivity index (χ0) is 14.3. The van der Waals surface area contributed by atoms with Gasteiger partial charge in [-0.3, -0.25) is 0 Å². The average molecular weight is 266 g/mol. The molecule has 3 heteroatoms. The van der Waals surface area contributed by atoms with Gasteiger partial charge in [0.15, 0.2) is 0 Å². The fraction of sp³-hybridized carbons (Fsp3) is 0.625. The van der Waals surface area contributed by atoms with E-state index in [1.807, 2.05) is 12.1 Å². The molecule has 1 atom stereocenters. The predicted molar refractivity (Wildman–Crippen MR) is 79.8 cm³/mol. The number of benzene rings is 1. The van der Waals surface area contributed by atoms with Gasteiger partial charge >= 0.3 is 0 Å². The highest BCUT2D eigenvalue weighted by Gasteiger charge is 2.11. The molecule has 0 aromatic heterocycles. The Morgan fingerprint density at radius 2 is 1.84 bits per heavy atom. The van der Waals surface area contributed by atoms with Crippen molar-refractivity contribution in [1.82, 2.24) is 10.2 Å². The van der Waals surface area contributed by atoms with Crippen LogP contribution in [0.1, 0.15) is 38.8 Å². The van der Waals surface area contributed by atoms with Gasteiger partial charge in [-0.05, 0) is 50.2 Å². The molecule has 0 spiro atoms. The van der Waals surface area contributed by atoms with E-state index in [2.05, 4.69) is 38.0 Å². The molecule has 2 nitrogen and oxygen atoms in total. The molecule has 1 N–H and O–H groups in total. The number of nitrogens with zero attached hydrogens (tertiary/aromatic N) is 1. The Hall–Kier alpha value is -0.930. The number of rotatable bonds is 8. The van der Waals surface area contributed by atoms with E-state index in [0.717, 1.165) is 26.1 Å². The van der Waals surface area contributed by atoms with Crippen molar-refractivity contribution in [1.29, 1.82) is 0 Å². The van der Waals surface area contributed by atoms with Crippen molar-refractivity contribution in [3.63, 3.8) is 0 Å². The Morgan fingerprint density at radius 3 is 2.37 bits per heavy atom. The molecule has 0 aliphatic carbocycles. The first kappa shape index (κ1) is 16.1. The summed E-state index contributed by atoms with van der Waals surface area (Å²) >= 11 is 0. The van der Waals surface area contributed by atoms with Crippen LogP contribution in [0, 0.1) is 11.7 Å². The van der Waals surface area contributed by atoms with Crippen molar-refractivity contribution in [3.8, 4) is 0 Å². The van der Waals surface area contributed by atoms with Crippen LogP contribution in [-0.4, -0.2) is 31.6 Å². The highest BCUT2D eigenvalue weighted by Crippen LogP contribution is 2.17. The predicted octanol–water partition coefficient (Wildman–Crippen LogP) is 3.45. The summed E-state index contributed by atoms with van der Waals surface area (Å²) in [5, 5.41) is 3.48. The van der Waals surface area contributed by atoms with E-state index in [4.69, 9.17) is 0 Å². The van der Waals surface area contributed by atoms with Gasteiger partial charge in [-0.15, -0.1) is 0 Å². The van der Waals surface area contributed by atoms with Crippen molar-refractivity contribution >= 4 is 0 Å². The summed E-state index contributed by atoms with van der Waals surface area (Å²) in [6.07, 6.45) is 1.04. The molecule has 0 aliphatic heterocycles. The van der Waals surface area contributed by atoms with Crippen LogP contribution in [0.15, 0.2) is 24.3 Å². The number of hydrogen-bond acceptors (Lipinski definition) is 2. The fourth-order valence-electron chi connectivity index (χ4n) is 2.39. The lowest BCUT2D eigenvalue weighted by atomic mass is 10.0. The van der Waals surface area contributed by atoms with Gasteiger partial charge in [-0.25, -0.2) is 4.39 Å². The number of hydrogen-bond donors (Lipinski definition) is 1. The summed E-state index contributed by atoms with van der Waals surface area (Å²) in [6, 6.07) is 7.14. The molecule has 0 saturated heterocycles. The lowest BCUT2D eigenvalue weighted by Gasteiger charge is -2.24. The maximum atomic E-state index is 13.0. The van der Waals surface area contributed by atoms with Crippen LogP contribution < -0.4 is 5.32 Å². The largest absolute Gasteiger partial charge is 0.310 e. The minimum Gasteiger partial charge on any atom is -0.310 e. The van der Waals surface area contributed by atoms with Crippen LogP contribution >= 0.6 is 0 Å². The highest BCUT2D eigenvalue weighted by atomic mass is 19.1. The Labute approximate surface area is 117 Å². The molecule has 0 radical (unpaired) electrons. The average Bonchev–Trinajstić information content (AvgIpc) is 2.35. The first-order valence-electron chi connectivity index (χ1n) is 7.20. The maximum absolute atomic E-state index is 13.0. The van der Waals surface area contributed by atoms with E-state index in [1.165, 1.54) is 17.7 Å². The van der Waals surface area contributed by atoms with E-state index in [-0.39, 0.29) is 5.82 Å². The molecule has 0 amide bonds. The van der Waals surface area contributed by atoms with Crippen LogP contribution in [-0.2, 0) is 0 Å². The Balaban J connectivity index is 2.55. The summed E-state index contributed by atoms with van der Waals surface area (Å²) in [5.41, 5.74) is 1.17. The molecule has 0 bridgehead atoms. The van der Waals surface area contributed by atoms with Gasteiger partial charge in [0.05, 0.1) is 0 Å². The van der Waals surface area contributed by atoms with Gasteiger partial charge in [0, 0.05) is 12.6 Å². The smallest absolute Gasteiger partial charge is 0.123 e. The van der Waals surface area contributed by atoms with E-state index < -0.39 is 0 Å². The third-order valence-corrected chi connectivity index (χ3v) is 3.20. The number of nitrogens with one attached hydrogen (secondary N) is 1. The molecule has 1 aromatic rings. The van der Waals surface area contributed by atoms with Gasteiger partial charge in [0.1, 0.15) is 5.82 Å². The summed E-state index contributed by atoms with van der Waals surface area (Å²) in [4.78, 5) is 2.36. The van der Waals surface area contributed by atoms with Gasteiger partial charge in [-0.1, -0.05) is 32.9 Å². The standard InChI is InChI=1S/C16H27FN2/c1-5-18-16(10-11-19(4)12-13(2)3)14-6-8-15(17)9-7-14/h6-9,13,16,18H,5,10-12H2,1-4H3. The first-order valence-corrected chi connectivity index (χ1v) is 7.20. The van der Waals surface area contributed by atoms with Crippen molar-refractivity contribution in [2.45, 2.75) is 33.2 Å². The topological polar surface area (TPSA) is 15.3 Å². The van der Waals surface area contributed by atoms with Crippen LogP contribution in [0.5, 0.6) is 0 Å². The zero-order valence-corrected chi connectivity index (χ0v) is 12.6. The van der Waals surface area contributed by atoms with E-state index in [1.54, 1.807) is 0 Å². The molecule has 1 rings (SSSR count). The van der Waals surface area contributed by atoms with Crippen LogP contribution in [0.2, 0.25) is 0 Å². The minimum atomic E-state index is -0.170. The molecule has 1 aromatic carbocycles. The summed E-state index contributed by atoms with van der Waals surface area (Å²) in [6.45, 7) is 9.66. The second kappa shape index (κ2) is 8.28. The first-order chi connectivity index (χ1) is 9.02. The van der Waals surface area contributed by atoms with Crippen LogP contribution in [0.25, 0.3) is 0 Å². The van der Waals surface area contributed by atoms with E-state index >= 15 is 0 Å². The van der Waals surface area contributed by atoms with Crippen molar-refractivity contribution in [2.24, 2.45) is 5.92 Å². The molecule has 19 heavy (non-hydrogen) atoms. The summed E-state index contributed by atoms with van der Waals surface area (Å²) in [5.74, 6) is 0.518. The van der Waals surface area contributed by atoms with Crippen LogP contribution in [0.3, 0.4) is 0 Å². The molecule has 108 valence electrons. The lowest BCUT2D eigenvalue weighted by molar-refractivity contribution is 0.277. The monoisotopic (exact) mass is 266 g/mol. The van der Waals surface area contributed by atoms with Crippen molar-refractivity contribution in [2.75, 3.05) is 26.7 Å². The highest BCUT2D eigenvalue weighted by molar-refractivity contribution is 5.19. The third-order valence-electron chi connectivity index (χ3n) is 3.20. The third kappa shape index (κ3) is 6.17. The Morgan fingerprint density at radius 1 is 1.21 bits per heavy atom. The molecule has 0 heterocycles. The van der Waals surface area contributed by atoms with E-state index in [9.17, 15) is 4.39 Å². The van der Waals surface area contributed by atoms with E-state index in [0.29, 0.717) is 12.0 Å².